The highest BCUT2D eigenvalue weighted by Gasteiger charge is 2.05. The molecular formula is C11H11ClF2. The Balaban J connectivity index is 3.12. The molecule has 76 valence electrons. The standard InChI is InChI=1S/C11H11ClF2/c1-2-8(7-12)6-9-10(13)4-3-5-11(9)14/h3-6H,2,7H2,1H3/b8-6-. The largest absolute Gasteiger partial charge is 0.206 e. The highest BCUT2D eigenvalue weighted by Crippen LogP contribution is 2.17. The lowest BCUT2D eigenvalue weighted by atomic mass is 10.1. The zero-order valence-electron chi connectivity index (χ0n) is 7.86. The summed E-state index contributed by atoms with van der Waals surface area (Å²) < 4.78 is 26.3. The Morgan fingerprint density at radius 3 is 2.36 bits per heavy atom. The van der Waals surface area contributed by atoms with Crippen LogP contribution in [0.4, 0.5) is 8.78 Å². The van der Waals surface area contributed by atoms with Crippen LogP contribution in [0.5, 0.6) is 0 Å². The topological polar surface area (TPSA) is 0 Å². The molecule has 14 heavy (non-hydrogen) atoms. The predicted molar refractivity (Wildman–Crippen MR) is 55.3 cm³/mol. The van der Waals surface area contributed by atoms with Crippen molar-refractivity contribution in [3.63, 3.8) is 0 Å². The summed E-state index contributed by atoms with van der Waals surface area (Å²) >= 11 is 5.61. The van der Waals surface area contributed by atoms with Gasteiger partial charge in [-0.3, -0.25) is 0 Å². The van der Waals surface area contributed by atoms with Gasteiger partial charge in [0.15, 0.2) is 0 Å². The normalized spacial score (nSPS) is 11.9. The molecule has 0 amide bonds. The fourth-order valence-corrected chi connectivity index (χ4v) is 1.35. The fraction of sp³-hybridized carbons (Fsp3) is 0.273. The average Bonchev–Trinajstić information content (AvgIpc) is 2.18. The van der Waals surface area contributed by atoms with E-state index in [4.69, 9.17) is 11.6 Å². The molecule has 0 saturated carbocycles. The van der Waals surface area contributed by atoms with Crippen LogP contribution < -0.4 is 0 Å². The molecule has 0 bridgehead atoms. The van der Waals surface area contributed by atoms with E-state index in [1.54, 1.807) is 0 Å². The van der Waals surface area contributed by atoms with Crippen molar-refractivity contribution < 1.29 is 8.78 Å². The van der Waals surface area contributed by atoms with Crippen molar-refractivity contribution in [3.05, 3.63) is 41.0 Å². The number of rotatable bonds is 3. The van der Waals surface area contributed by atoms with Crippen molar-refractivity contribution in [2.45, 2.75) is 13.3 Å². The van der Waals surface area contributed by atoms with Crippen LogP contribution >= 0.6 is 11.6 Å². The molecule has 0 fully saturated rings. The Hall–Kier alpha value is -0.890. The molecule has 0 unspecified atom stereocenters. The summed E-state index contributed by atoms with van der Waals surface area (Å²) in [5.41, 5.74) is 0.806. The number of hydrogen-bond donors (Lipinski definition) is 0. The van der Waals surface area contributed by atoms with Gasteiger partial charge in [-0.05, 0) is 24.6 Å². The van der Waals surface area contributed by atoms with Crippen molar-refractivity contribution in [1.82, 2.24) is 0 Å². The van der Waals surface area contributed by atoms with Crippen molar-refractivity contribution in [1.29, 1.82) is 0 Å². The molecule has 1 aromatic rings. The quantitative estimate of drug-likeness (QED) is 0.670. The lowest BCUT2D eigenvalue weighted by Gasteiger charge is -2.02. The predicted octanol–water partition coefficient (Wildman–Crippen LogP) is 4.00. The maximum absolute atomic E-state index is 13.2. The zero-order chi connectivity index (χ0) is 10.6. The van der Waals surface area contributed by atoms with E-state index in [-0.39, 0.29) is 5.56 Å². The van der Waals surface area contributed by atoms with Gasteiger partial charge in [-0.2, -0.15) is 0 Å². The average molecular weight is 217 g/mol. The van der Waals surface area contributed by atoms with Crippen LogP contribution in [-0.2, 0) is 0 Å². The molecule has 0 radical (unpaired) electrons. The zero-order valence-corrected chi connectivity index (χ0v) is 8.61. The van der Waals surface area contributed by atoms with E-state index >= 15 is 0 Å². The summed E-state index contributed by atoms with van der Waals surface area (Å²) in [4.78, 5) is 0. The molecule has 0 aliphatic carbocycles. The molecule has 3 heteroatoms. The number of allylic oxidation sites excluding steroid dienone is 1. The number of benzene rings is 1. The second-order valence-electron chi connectivity index (χ2n) is 2.93. The second kappa shape index (κ2) is 5.11. The van der Waals surface area contributed by atoms with Crippen LogP contribution in [0.3, 0.4) is 0 Å². The van der Waals surface area contributed by atoms with Crippen molar-refractivity contribution >= 4 is 17.7 Å². The lowest BCUT2D eigenvalue weighted by molar-refractivity contribution is 0.578. The first-order valence-corrected chi connectivity index (χ1v) is 4.92. The number of halogens is 3. The molecule has 0 aromatic heterocycles. The van der Waals surface area contributed by atoms with Crippen LogP contribution in [0.25, 0.3) is 6.08 Å². The second-order valence-corrected chi connectivity index (χ2v) is 3.19. The van der Waals surface area contributed by atoms with E-state index < -0.39 is 11.6 Å². The van der Waals surface area contributed by atoms with Gasteiger partial charge in [-0.25, -0.2) is 8.78 Å². The third kappa shape index (κ3) is 2.55. The van der Waals surface area contributed by atoms with Gasteiger partial charge in [0.25, 0.3) is 0 Å². The van der Waals surface area contributed by atoms with Gasteiger partial charge in [0.05, 0.1) is 0 Å². The Morgan fingerprint density at radius 2 is 1.93 bits per heavy atom. The van der Waals surface area contributed by atoms with Gasteiger partial charge < -0.3 is 0 Å². The van der Waals surface area contributed by atoms with Crippen molar-refractivity contribution in [3.8, 4) is 0 Å². The summed E-state index contributed by atoms with van der Waals surface area (Å²) in [5, 5.41) is 0. The molecule has 0 aliphatic rings. The Bertz CT molecular complexity index is 319. The van der Waals surface area contributed by atoms with Crippen molar-refractivity contribution in [2.75, 3.05) is 5.88 Å². The van der Waals surface area contributed by atoms with Gasteiger partial charge >= 0.3 is 0 Å². The maximum Gasteiger partial charge on any atom is 0.133 e. The summed E-state index contributed by atoms with van der Waals surface area (Å²) in [7, 11) is 0. The molecule has 0 saturated heterocycles. The van der Waals surface area contributed by atoms with Gasteiger partial charge in [-0.15, -0.1) is 11.6 Å². The van der Waals surface area contributed by atoms with Crippen LogP contribution in [-0.4, -0.2) is 5.88 Å². The minimum atomic E-state index is -0.555. The van der Waals surface area contributed by atoms with Gasteiger partial charge in [0.1, 0.15) is 11.6 Å². The Morgan fingerprint density at radius 1 is 1.36 bits per heavy atom. The third-order valence-electron chi connectivity index (χ3n) is 1.97. The van der Waals surface area contributed by atoms with Crippen LogP contribution in [0.15, 0.2) is 23.8 Å². The molecule has 0 spiro atoms. The third-order valence-corrected chi connectivity index (χ3v) is 2.32. The molecular weight excluding hydrogens is 206 g/mol. The van der Waals surface area contributed by atoms with Gasteiger partial charge in [0.2, 0.25) is 0 Å². The molecule has 0 heterocycles. The monoisotopic (exact) mass is 216 g/mol. The van der Waals surface area contributed by atoms with Crippen LogP contribution in [0.2, 0.25) is 0 Å². The maximum atomic E-state index is 13.2. The first-order chi connectivity index (χ1) is 6.69. The molecule has 1 aromatic carbocycles. The van der Waals surface area contributed by atoms with E-state index in [2.05, 4.69) is 0 Å². The van der Waals surface area contributed by atoms with Crippen LogP contribution in [0, 0.1) is 11.6 Å². The lowest BCUT2D eigenvalue weighted by Crippen LogP contribution is -1.90. The number of hydrogen-bond acceptors (Lipinski definition) is 0. The van der Waals surface area contributed by atoms with Crippen LogP contribution in [0.1, 0.15) is 18.9 Å². The first kappa shape index (κ1) is 11.2. The first-order valence-electron chi connectivity index (χ1n) is 4.38. The molecule has 0 aliphatic heterocycles. The minimum absolute atomic E-state index is 0.00926. The summed E-state index contributed by atoms with van der Waals surface area (Å²) in [6.07, 6.45) is 2.16. The molecule has 0 atom stereocenters. The summed E-state index contributed by atoms with van der Waals surface area (Å²) in [6, 6.07) is 3.81. The Labute approximate surface area is 87.2 Å². The van der Waals surface area contributed by atoms with Gasteiger partial charge in [-0.1, -0.05) is 18.6 Å². The van der Waals surface area contributed by atoms with Gasteiger partial charge in [0, 0.05) is 11.4 Å². The Kier molecular flexibility index (Phi) is 4.08. The van der Waals surface area contributed by atoms with E-state index in [0.717, 1.165) is 5.57 Å². The minimum Gasteiger partial charge on any atom is -0.206 e. The molecule has 0 N–H and O–H groups in total. The van der Waals surface area contributed by atoms with E-state index in [0.29, 0.717) is 12.3 Å². The van der Waals surface area contributed by atoms with E-state index in [9.17, 15) is 8.78 Å². The van der Waals surface area contributed by atoms with Crippen molar-refractivity contribution in [2.24, 2.45) is 0 Å². The van der Waals surface area contributed by atoms with E-state index in [1.807, 2.05) is 6.92 Å². The summed E-state index contributed by atoms with van der Waals surface area (Å²) in [6.45, 7) is 1.90. The van der Waals surface area contributed by atoms with E-state index in [1.165, 1.54) is 24.3 Å². The highest BCUT2D eigenvalue weighted by molar-refractivity contribution is 6.19. The highest BCUT2D eigenvalue weighted by atomic mass is 35.5. The smallest absolute Gasteiger partial charge is 0.133 e. The SMILES string of the molecule is CC/C(=C/c1c(F)cccc1F)CCl. The summed E-state index contributed by atoms with van der Waals surface area (Å²) in [5.74, 6) is -0.813. The molecule has 1 rings (SSSR count). The number of alkyl halides is 1. The molecule has 0 nitrogen and oxygen atoms in total. The fourth-order valence-electron chi connectivity index (χ4n) is 1.09.